The van der Waals surface area contributed by atoms with Crippen LogP contribution in [0.5, 0.6) is 0 Å². The van der Waals surface area contributed by atoms with Gasteiger partial charge in [0.15, 0.2) is 22.4 Å². The average molecular weight is 441 g/mol. The second-order valence-corrected chi connectivity index (χ2v) is 21.8. The van der Waals surface area contributed by atoms with Gasteiger partial charge in [-0.25, -0.2) is 0 Å². The molecule has 2 aliphatic rings. The van der Waals surface area contributed by atoms with E-state index in [4.69, 9.17) is 24.7 Å². The number of fused-ring (bicyclic) bond motifs is 1. The van der Waals surface area contributed by atoms with Gasteiger partial charge in [0.05, 0.1) is 18.1 Å². The lowest BCUT2D eigenvalue weighted by molar-refractivity contribution is -0.156. The Hall–Kier alpha value is -0.166. The zero-order chi connectivity index (χ0) is 22.6. The molecule has 0 aromatic heterocycles. The van der Waals surface area contributed by atoms with Gasteiger partial charge in [-0.1, -0.05) is 41.5 Å². The van der Waals surface area contributed by atoms with Gasteiger partial charge in [-0.3, -0.25) is 0 Å². The molecule has 1 saturated carbocycles. The summed E-state index contributed by atoms with van der Waals surface area (Å²) in [7, 11) is -4.05. The third kappa shape index (κ3) is 5.19. The second kappa shape index (κ2) is 7.76. The molecular formula is C23H44O4Si2. The van der Waals surface area contributed by atoms with Gasteiger partial charge < -0.3 is 18.3 Å². The monoisotopic (exact) mass is 440 g/mol. The molecule has 1 saturated heterocycles. The van der Waals surface area contributed by atoms with E-state index in [0.29, 0.717) is 0 Å². The minimum atomic E-state index is -2.05. The van der Waals surface area contributed by atoms with Gasteiger partial charge in [0.1, 0.15) is 12.2 Å². The lowest BCUT2D eigenvalue weighted by Gasteiger charge is -2.49. The Morgan fingerprint density at radius 3 is 1.76 bits per heavy atom. The van der Waals surface area contributed by atoms with Gasteiger partial charge >= 0.3 is 0 Å². The number of hydrogen-bond donors (Lipinski definition) is 0. The van der Waals surface area contributed by atoms with Crippen molar-refractivity contribution in [2.24, 2.45) is 5.92 Å². The maximum absolute atomic E-state index is 6.98. The highest BCUT2D eigenvalue weighted by Gasteiger charge is 2.58. The molecule has 6 heteroatoms. The Balaban J connectivity index is 2.44. The van der Waals surface area contributed by atoms with E-state index in [-0.39, 0.29) is 40.4 Å². The molecule has 1 aliphatic heterocycles. The van der Waals surface area contributed by atoms with Crippen molar-refractivity contribution in [2.75, 3.05) is 0 Å². The fourth-order valence-electron chi connectivity index (χ4n) is 3.61. The van der Waals surface area contributed by atoms with E-state index < -0.39 is 22.4 Å². The van der Waals surface area contributed by atoms with Crippen LogP contribution in [0.1, 0.15) is 61.8 Å². The molecule has 1 aliphatic carbocycles. The quantitative estimate of drug-likeness (QED) is 0.400. The van der Waals surface area contributed by atoms with Crippen molar-refractivity contribution in [2.45, 2.75) is 128 Å². The first-order valence-corrected chi connectivity index (χ1v) is 16.8. The van der Waals surface area contributed by atoms with Crippen LogP contribution < -0.4 is 0 Å². The molecule has 4 nitrogen and oxygen atoms in total. The van der Waals surface area contributed by atoms with Crippen LogP contribution in [-0.2, 0) is 18.3 Å². The number of hydrogen-bond acceptors (Lipinski definition) is 4. The van der Waals surface area contributed by atoms with E-state index in [1.165, 1.54) is 0 Å². The SMILES string of the molecule is C#C[C@@H]1C[C@H](O[Si](C)(C)C(C)(C)C)[C@@H](O[Si](C)(C)C(C)(C)C)[C@@H]2OC(C)(C)O[C@@H]21. The molecule has 2 fully saturated rings. The highest BCUT2D eigenvalue weighted by Crippen LogP contribution is 2.47. The van der Waals surface area contributed by atoms with E-state index in [9.17, 15) is 0 Å². The van der Waals surface area contributed by atoms with Gasteiger partial charge in [0.25, 0.3) is 0 Å². The van der Waals surface area contributed by atoms with Gasteiger partial charge in [-0.05, 0) is 56.5 Å². The standard InChI is InChI=1S/C23H44O4Si2/c1-14-16-15-17(26-28(10,11)21(2,3)4)19(27-29(12,13)22(5,6)7)20-18(16)24-23(8,9)25-20/h1,16-20H,15H2,2-13H3/t16-,17+,18-,19-,20-/m1/s1. The summed E-state index contributed by atoms with van der Waals surface area (Å²) >= 11 is 0. The molecule has 0 spiro atoms. The Morgan fingerprint density at radius 1 is 0.862 bits per heavy atom. The normalized spacial score (nSPS) is 33.3. The molecule has 0 amide bonds. The predicted octanol–water partition coefficient (Wildman–Crippen LogP) is 5.94. The summed E-state index contributed by atoms with van der Waals surface area (Å²) in [5, 5.41) is 0.214. The zero-order valence-electron chi connectivity index (χ0n) is 20.8. The molecule has 1 heterocycles. The van der Waals surface area contributed by atoms with Gasteiger partial charge in [0.2, 0.25) is 0 Å². The van der Waals surface area contributed by atoms with E-state index in [1.807, 2.05) is 13.8 Å². The van der Waals surface area contributed by atoms with Crippen LogP contribution in [-0.4, -0.2) is 46.8 Å². The molecule has 0 N–H and O–H groups in total. The van der Waals surface area contributed by atoms with Crippen molar-refractivity contribution in [3.8, 4) is 12.3 Å². The van der Waals surface area contributed by atoms with Crippen molar-refractivity contribution < 1.29 is 18.3 Å². The van der Waals surface area contributed by atoms with Crippen LogP contribution in [0.3, 0.4) is 0 Å². The minimum absolute atomic E-state index is 0.0317. The van der Waals surface area contributed by atoms with Gasteiger partial charge in [-0.2, -0.15) is 0 Å². The Bertz CT molecular complexity index is 637. The van der Waals surface area contributed by atoms with Gasteiger partial charge in [0, 0.05) is 0 Å². The summed E-state index contributed by atoms with van der Waals surface area (Å²) < 4.78 is 26.6. The smallest absolute Gasteiger partial charge is 0.192 e. The molecular weight excluding hydrogens is 396 g/mol. The lowest BCUT2D eigenvalue weighted by Crippen LogP contribution is -2.61. The molecule has 0 bridgehead atoms. The molecule has 0 unspecified atom stereocenters. The molecule has 29 heavy (non-hydrogen) atoms. The van der Waals surface area contributed by atoms with E-state index in [2.05, 4.69) is 73.7 Å². The van der Waals surface area contributed by atoms with Crippen molar-refractivity contribution in [3.63, 3.8) is 0 Å². The zero-order valence-corrected chi connectivity index (χ0v) is 22.8. The van der Waals surface area contributed by atoms with Crippen LogP contribution in [0.4, 0.5) is 0 Å². The Kier molecular flexibility index (Phi) is 6.71. The predicted molar refractivity (Wildman–Crippen MR) is 125 cm³/mol. The van der Waals surface area contributed by atoms with Crippen molar-refractivity contribution >= 4 is 16.6 Å². The summed E-state index contributed by atoms with van der Waals surface area (Å²) in [5.74, 6) is 2.27. The maximum atomic E-state index is 6.98. The molecule has 0 aromatic rings. The third-order valence-corrected chi connectivity index (χ3v) is 16.4. The first-order chi connectivity index (χ1) is 12.8. The fraction of sp³-hybridized carbons (Fsp3) is 0.913. The fourth-order valence-corrected chi connectivity index (χ4v) is 6.27. The van der Waals surface area contributed by atoms with Crippen molar-refractivity contribution in [3.05, 3.63) is 0 Å². The first-order valence-electron chi connectivity index (χ1n) is 11.0. The number of terminal acetylenes is 1. The Morgan fingerprint density at radius 2 is 1.31 bits per heavy atom. The maximum Gasteiger partial charge on any atom is 0.192 e. The van der Waals surface area contributed by atoms with Crippen molar-refractivity contribution in [1.82, 2.24) is 0 Å². The van der Waals surface area contributed by atoms with E-state index >= 15 is 0 Å². The van der Waals surface area contributed by atoms with Crippen molar-refractivity contribution in [1.29, 1.82) is 0 Å². The molecule has 168 valence electrons. The number of rotatable bonds is 4. The average Bonchev–Trinajstić information content (AvgIpc) is 2.82. The largest absolute Gasteiger partial charge is 0.411 e. The van der Waals surface area contributed by atoms with Crippen LogP contribution in [0, 0.1) is 18.3 Å². The third-order valence-electron chi connectivity index (χ3n) is 7.44. The summed E-state index contributed by atoms with van der Waals surface area (Å²) in [6, 6.07) is 0. The molecule has 5 atom stereocenters. The number of ether oxygens (including phenoxy) is 2. The topological polar surface area (TPSA) is 36.9 Å². The van der Waals surface area contributed by atoms with Crippen LogP contribution in [0.2, 0.25) is 36.3 Å². The minimum Gasteiger partial charge on any atom is -0.411 e. The highest BCUT2D eigenvalue weighted by molar-refractivity contribution is 6.74. The molecule has 2 rings (SSSR count). The first kappa shape index (κ1) is 25.1. The highest BCUT2D eigenvalue weighted by atomic mass is 28.4. The lowest BCUT2D eigenvalue weighted by atomic mass is 9.81. The van der Waals surface area contributed by atoms with Crippen LogP contribution in [0.15, 0.2) is 0 Å². The second-order valence-electron chi connectivity index (χ2n) is 12.3. The van der Waals surface area contributed by atoms with Gasteiger partial charge in [-0.15, -0.1) is 12.3 Å². The summed E-state index contributed by atoms with van der Waals surface area (Å²) in [4.78, 5) is 0. The van der Waals surface area contributed by atoms with E-state index in [1.54, 1.807) is 0 Å². The summed E-state index contributed by atoms with van der Waals surface area (Å²) in [6.07, 6.45) is 6.09. The molecule has 0 aromatic carbocycles. The van der Waals surface area contributed by atoms with E-state index in [0.717, 1.165) is 6.42 Å². The summed E-state index contributed by atoms with van der Waals surface area (Å²) in [5.41, 5.74) is 0. The Labute approximate surface area is 181 Å². The summed E-state index contributed by atoms with van der Waals surface area (Å²) in [6.45, 7) is 26.7. The van der Waals surface area contributed by atoms with Crippen LogP contribution >= 0.6 is 0 Å². The molecule has 0 radical (unpaired) electrons. The van der Waals surface area contributed by atoms with Crippen LogP contribution in [0.25, 0.3) is 0 Å².